The van der Waals surface area contributed by atoms with Crippen LogP contribution in [-0.4, -0.2) is 19.3 Å². The van der Waals surface area contributed by atoms with Crippen LogP contribution in [0.4, 0.5) is 5.69 Å². The van der Waals surface area contributed by atoms with Gasteiger partial charge in [0.2, 0.25) is 10.0 Å². The first-order valence-corrected chi connectivity index (χ1v) is 8.33. The molecule has 1 aromatic heterocycles. The third kappa shape index (κ3) is 3.45. The molecule has 0 unspecified atom stereocenters. The van der Waals surface area contributed by atoms with Gasteiger partial charge in [0, 0.05) is 17.6 Å². The number of nitrogens with zero attached hydrogens (tertiary/aromatic N) is 1. The van der Waals surface area contributed by atoms with Crippen molar-refractivity contribution in [2.24, 2.45) is 10.9 Å². The number of amides is 1. The minimum atomic E-state index is -3.84. The van der Waals surface area contributed by atoms with E-state index in [-0.39, 0.29) is 17.1 Å². The molecule has 0 atom stereocenters. The number of anilines is 1. The lowest BCUT2D eigenvalue weighted by atomic mass is 10.2. The van der Waals surface area contributed by atoms with Gasteiger partial charge in [-0.3, -0.25) is 4.79 Å². The number of nitrogens with one attached hydrogen (secondary N) is 1. The number of nitrogens with two attached hydrogens (primary N) is 2. The van der Waals surface area contributed by atoms with Gasteiger partial charge in [0.15, 0.2) is 0 Å². The summed E-state index contributed by atoms with van der Waals surface area (Å²) in [7, 11) is -3.84. The molecule has 7 nitrogen and oxygen atoms in total. The molecule has 1 amide bonds. The van der Waals surface area contributed by atoms with E-state index in [2.05, 4.69) is 10.3 Å². The van der Waals surface area contributed by atoms with Crippen molar-refractivity contribution < 1.29 is 13.2 Å². The summed E-state index contributed by atoms with van der Waals surface area (Å²) < 4.78 is 22.9. The van der Waals surface area contributed by atoms with Crippen molar-refractivity contribution in [2.75, 3.05) is 5.32 Å². The number of thiazole rings is 1. The van der Waals surface area contributed by atoms with Crippen molar-refractivity contribution in [1.29, 1.82) is 0 Å². The molecule has 2 rings (SSSR count). The Hall–Kier alpha value is -1.81. The Balaban J connectivity index is 2.30. The van der Waals surface area contributed by atoms with Crippen LogP contribution in [0.5, 0.6) is 0 Å². The van der Waals surface area contributed by atoms with Crippen LogP contribution < -0.4 is 16.2 Å². The van der Waals surface area contributed by atoms with Gasteiger partial charge < -0.3 is 11.1 Å². The zero-order valence-corrected chi connectivity index (χ0v) is 12.8. The lowest BCUT2D eigenvalue weighted by Crippen LogP contribution is -2.17. The quantitative estimate of drug-likeness (QED) is 0.766. The van der Waals surface area contributed by atoms with Crippen LogP contribution in [-0.2, 0) is 16.6 Å². The normalized spacial score (nSPS) is 11.4. The predicted molar refractivity (Wildman–Crippen MR) is 80.5 cm³/mol. The van der Waals surface area contributed by atoms with E-state index in [0.29, 0.717) is 16.3 Å². The van der Waals surface area contributed by atoms with Crippen molar-refractivity contribution in [3.8, 4) is 0 Å². The first-order chi connectivity index (χ1) is 9.82. The minimum absolute atomic E-state index is 0.0266. The summed E-state index contributed by atoms with van der Waals surface area (Å²) in [5.74, 6) is -0.430. The number of rotatable bonds is 4. The highest BCUT2D eigenvalue weighted by Gasteiger charge is 2.16. The Labute approximate surface area is 126 Å². The van der Waals surface area contributed by atoms with Crippen LogP contribution >= 0.6 is 11.3 Å². The van der Waals surface area contributed by atoms with E-state index in [1.165, 1.54) is 23.5 Å². The summed E-state index contributed by atoms with van der Waals surface area (Å²) >= 11 is 1.29. The number of aromatic nitrogens is 1. The van der Waals surface area contributed by atoms with Crippen LogP contribution in [0.2, 0.25) is 0 Å². The number of sulfonamides is 1. The van der Waals surface area contributed by atoms with Gasteiger partial charge in [0.05, 0.1) is 4.90 Å². The van der Waals surface area contributed by atoms with Crippen molar-refractivity contribution in [3.05, 3.63) is 39.8 Å². The number of carbonyl (C=O) groups is 1. The van der Waals surface area contributed by atoms with E-state index in [0.717, 1.165) is 0 Å². The molecule has 1 aromatic carbocycles. The van der Waals surface area contributed by atoms with Crippen LogP contribution in [0.25, 0.3) is 0 Å². The Kier molecular flexibility index (Phi) is 4.37. The van der Waals surface area contributed by atoms with Crippen LogP contribution in [0, 0.1) is 6.92 Å². The largest absolute Gasteiger partial charge is 0.325 e. The Bertz CT molecular complexity index is 784. The molecule has 1 heterocycles. The first kappa shape index (κ1) is 15.6. The molecule has 0 aliphatic rings. The summed E-state index contributed by atoms with van der Waals surface area (Å²) in [6.07, 6.45) is 0. The zero-order chi connectivity index (χ0) is 15.6. The zero-order valence-electron chi connectivity index (χ0n) is 11.2. The van der Waals surface area contributed by atoms with Crippen LogP contribution in [0.15, 0.2) is 28.5 Å². The third-order valence-electron chi connectivity index (χ3n) is 2.80. The fraction of sp³-hybridized carbons (Fsp3) is 0.167. The number of hydrogen-bond acceptors (Lipinski definition) is 6. The second-order valence-corrected chi connectivity index (χ2v) is 6.73. The second kappa shape index (κ2) is 5.90. The highest BCUT2D eigenvalue weighted by Crippen LogP contribution is 2.22. The highest BCUT2D eigenvalue weighted by atomic mass is 32.2. The summed E-state index contributed by atoms with van der Waals surface area (Å²) in [6.45, 7) is 1.83. The fourth-order valence-corrected chi connectivity index (χ4v) is 3.21. The molecular weight excluding hydrogens is 312 g/mol. The number of benzene rings is 1. The van der Waals surface area contributed by atoms with Crippen LogP contribution in [0.1, 0.15) is 21.1 Å². The smallest absolute Gasteiger partial charge is 0.275 e. The van der Waals surface area contributed by atoms with E-state index in [1.807, 2.05) is 0 Å². The van der Waals surface area contributed by atoms with Crippen molar-refractivity contribution >= 4 is 33.0 Å². The number of carbonyl (C=O) groups excluding carboxylic acids is 1. The molecule has 0 bridgehead atoms. The lowest BCUT2D eigenvalue weighted by Gasteiger charge is -2.10. The molecule has 0 fully saturated rings. The van der Waals surface area contributed by atoms with Gasteiger partial charge in [-0.1, -0.05) is 6.07 Å². The average molecular weight is 326 g/mol. The molecule has 0 saturated heterocycles. The summed E-state index contributed by atoms with van der Waals surface area (Å²) in [5.41, 5.74) is 6.43. The molecule has 112 valence electrons. The molecule has 0 aliphatic carbocycles. The molecule has 9 heteroatoms. The van der Waals surface area contributed by atoms with Gasteiger partial charge in [0.25, 0.3) is 5.91 Å². The predicted octanol–water partition coefficient (Wildman–Crippen LogP) is 0.810. The monoisotopic (exact) mass is 326 g/mol. The maximum atomic E-state index is 12.1. The summed E-state index contributed by atoms with van der Waals surface area (Å²) in [4.78, 5) is 16.1. The fourth-order valence-electron chi connectivity index (χ4n) is 1.75. The Morgan fingerprint density at radius 1 is 1.43 bits per heavy atom. The molecule has 0 radical (unpaired) electrons. The van der Waals surface area contributed by atoms with E-state index in [4.69, 9.17) is 10.9 Å². The van der Waals surface area contributed by atoms with Crippen LogP contribution in [0.3, 0.4) is 0 Å². The maximum absolute atomic E-state index is 12.1. The molecule has 5 N–H and O–H groups in total. The second-order valence-electron chi connectivity index (χ2n) is 4.26. The SMILES string of the molecule is Cc1c(NC(=O)c2csc(CN)n2)cccc1S(N)(=O)=O. The standard InChI is InChI=1S/C12H14N4O3S2/c1-7-8(3-2-4-10(7)21(14,18)19)16-12(17)9-6-20-11(5-13)15-9/h2-4,6H,5,13H2,1H3,(H,16,17)(H2,14,18,19). The van der Waals surface area contributed by atoms with Crippen molar-refractivity contribution in [2.45, 2.75) is 18.4 Å². The number of hydrogen-bond donors (Lipinski definition) is 3. The number of primary sulfonamides is 1. The summed E-state index contributed by atoms with van der Waals surface area (Å²) in [6, 6.07) is 4.49. The van der Waals surface area contributed by atoms with Crippen molar-refractivity contribution in [3.63, 3.8) is 0 Å². The van der Waals surface area contributed by atoms with E-state index < -0.39 is 15.9 Å². The van der Waals surface area contributed by atoms with E-state index in [1.54, 1.807) is 18.4 Å². The molecule has 21 heavy (non-hydrogen) atoms. The van der Waals surface area contributed by atoms with Gasteiger partial charge in [-0.2, -0.15) is 0 Å². The lowest BCUT2D eigenvalue weighted by molar-refractivity contribution is 0.102. The van der Waals surface area contributed by atoms with Gasteiger partial charge in [-0.25, -0.2) is 18.5 Å². The molecule has 0 saturated carbocycles. The molecular formula is C12H14N4O3S2. The third-order valence-corrected chi connectivity index (χ3v) is 4.72. The topological polar surface area (TPSA) is 128 Å². The minimum Gasteiger partial charge on any atom is -0.325 e. The van der Waals surface area contributed by atoms with Gasteiger partial charge in [-0.15, -0.1) is 11.3 Å². The van der Waals surface area contributed by atoms with Gasteiger partial charge in [0.1, 0.15) is 10.7 Å². The Morgan fingerprint density at radius 2 is 2.14 bits per heavy atom. The molecule has 0 spiro atoms. The molecule has 0 aliphatic heterocycles. The Morgan fingerprint density at radius 3 is 2.71 bits per heavy atom. The van der Waals surface area contributed by atoms with Gasteiger partial charge >= 0.3 is 0 Å². The van der Waals surface area contributed by atoms with Gasteiger partial charge in [-0.05, 0) is 24.6 Å². The maximum Gasteiger partial charge on any atom is 0.275 e. The first-order valence-electron chi connectivity index (χ1n) is 5.91. The average Bonchev–Trinajstić information content (AvgIpc) is 2.88. The molecule has 2 aromatic rings. The van der Waals surface area contributed by atoms with E-state index >= 15 is 0 Å². The highest BCUT2D eigenvalue weighted by molar-refractivity contribution is 7.89. The summed E-state index contributed by atoms with van der Waals surface area (Å²) in [5, 5.41) is 9.99. The van der Waals surface area contributed by atoms with Crippen molar-refractivity contribution in [1.82, 2.24) is 4.98 Å². The van der Waals surface area contributed by atoms with E-state index in [9.17, 15) is 13.2 Å².